The smallest absolute Gasteiger partial charge is 0.287 e. The molecule has 2 saturated heterocycles. The average Bonchev–Trinajstić information content (AvgIpc) is 3.50. The molecule has 2 aromatic heterocycles. The van der Waals surface area contributed by atoms with Gasteiger partial charge in [0.2, 0.25) is 0 Å². The molecule has 30 heavy (non-hydrogen) atoms. The van der Waals surface area contributed by atoms with E-state index in [-0.39, 0.29) is 30.2 Å². The number of hydrogen-bond donors (Lipinski definition) is 1. The number of carbonyl (C=O) groups excluding carboxylic acids is 1. The molecule has 3 fully saturated rings. The summed E-state index contributed by atoms with van der Waals surface area (Å²) in [6.45, 7) is 4.70. The third-order valence-corrected chi connectivity index (χ3v) is 6.85. The van der Waals surface area contributed by atoms with Crippen LogP contribution < -0.4 is 5.32 Å². The lowest BCUT2D eigenvalue weighted by atomic mass is 9.86. The van der Waals surface area contributed by atoms with E-state index in [1.54, 1.807) is 6.07 Å². The van der Waals surface area contributed by atoms with E-state index in [4.69, 9.17) is 13.9 Å². The molecular weight excluding hydrogens is 384 g/mol. The largest absolute Gasteiger partial charge is 0.456 e. The number of carbonyl (C=O) groups is 1. The Morgan fingerprint density at radius 3 is 2.73 bits per heavy atom. The van der Waals surface area contributed by atoms with Gasteiger partial charge in [-0.05, 0) is 37.8 Å². The van der Waals surface area contributed by atoms with E-state index < -0.39 is 0 Å². The molecule has 8 nitrogen and oxygen atoms in total. The number of amides is 1. The van der Waals surface area contributed by atoms with Gasteiger partial charge in [-0.1, -0.05) is 37.3 Å². The van der Waals surface area contributed by atoms with Gasteiger partial charge in [-0.3, -0.25) is 4.79 Å². The number of aromatic nitrogens is 3. The summed E-state index contributed by atoms with van der Waals surface area (Å²) in [6.07, 6.45) is 9.33. The summed E-state index contributed by atoms with van der Waals surface area (Å²) in [6, 6.07) is 1.54. The number of aryl methyl sites for hydroxylation is 2. The fourth-order valence-corrected chi connectivity index (χ4v) is 5.01. The molecule has 0 spiro atoms. The molecular formula is C22H30N4O4. The zero-order chi connectivity index (χ0) is 20.7. The number of rotatable bonds is 5. The Morgan fingerprint density at radius 1 is 1.17 bits per heavy atom. The highest BCUT2D eigenvalue weighted by atomic mass is 16.6. The van der Waals surface area contributed by atoms with Crippen LogP contribution >= 0.6 is 0 Å². The fraction of sp³-hybridized carbons (Fsp3) is 0.682. The number of nitrogens with one attached hydrogen (secondary N) is 1. The molecule has 1 saturated carbocycles. The first-order chi connectivity index (χ1) is 14.6. The Bertz CT molecular complexity index is 881. The SMILES string of the molecule is Cc1cc(C(=O)N[C@H]2CO[C@H]3[C@@H]2OC[C@@H]3n2cc(CC3CCCCC3)nn2)oc1C. The number of ether oxygens (including phenoxy) is 2. The van der Waals surface area contributed by atoms with Crippen molar-refractivity contribution in [3.8, 4) is 0 Å². The van der Waals surface area contributed by atoms with Crippen LogP contribution in [0.2, 0.25) is 0 Å². The van der Waals surface area contributed by atoms with Crippen molar-refractivity contribution in [2.75, 3.05) is 13.2 Å². The third-order valence-electron chi connectivity index (χ3n) is 6.85. The summed E-state index contributed by atoms with van der Waals surface area (Å²) in [5.41, 5.74) is 2.02. The molecule has 2 aliphatic heterocycles. The van der Waals surface area contributed by atoms with Crippen LogP contribution in [0, 0.1) is 19.8 Å². The van der Waals surface area contributed by atoms with Gasteiger partial charge in [0.15, 0.2) is 5.76 Å². The minimum absolute atomic E-state index is 0.0161. The molecule has 5 rings (SSSR count). The van der Waals surface area contributed by atoms with Crippen molar-refractivity contribution in [3.05, 3.63) is 35.0 Å². The van der Waals surface area contributed by atoms with E-state index in [9.17, 15) is 4.79 Å². The molecule has 8 heteroatoms. The van der Waals surface area contributed by atoms with Gasteiger partial charge in [0.25, 0.3) is 5.91 Å². The van der Waals surface area contributed by atoms with Crippen molar-refractivity contribution in [2.24, 2.45) is 5.92 Å². The van der Waals surface area contributed by atoms with E-state index in [0.29, 0.717) is 19.0 Å². The van der Waals surface area contributed by atoms with Crippen LogP contribution in [-0.2, 0) is 15.9 Å². The van der Waals surface area contributed by atoms with E-state index in [0.717, 1.165) is 29.4 Å². The van der Waals surface area contributed by atoms with Gasteiger partial charge in [0.1, 0.15) is 24.0 Å². The summed E-state index contributed by atoms with van der Waals surface area (Å²) in [4.78, 5) is 12.6. The van der Waals surface area contributed by atoms with Gasteiger partial charge < -0.3 is 19.2 Å². The molecule has 162 valence electrons. The lowest BCUT2D eigenvalue weighted by Gasteiger charge is -2.20. The standard InChI is InChI=1S/C22H30N4O4/c1-13-8-19(30-14(13)2)22(27)23-17-11-28-21-18(12-29-20(17)21)26-10-16(24-25-26)9-15-6-4-3-5-7-15/h8,10,15,17-18,20-21H,3-7,9,11-12H2,1-2H3,(H,23,27)/t17-,18-,20+,21+/m0/s1. The van der Waals surface area contributed by atoms with Crippen molar-refractivity contribution in [1.82, 2.24) is 20.3 Å². The Balaban J connectivity index is 1.21. The second-order valence-corrected chi connectivity index (χ2v) is 8.99. The summed E-state index contributed by atoms with van der Waals surface area (Å²) < 4.78 is 19.5. The molecule has 1 aliphatic carbocycles. The second-order valence-electron chi connectivity index (χ2n) is 8.99. The molecule has 1 amide bonds. The van der Waals surface area contributed by atoms with Crippen molar-refractivity contribution < 1.29 is 18.7 Å². The molecule has 3 aliphatic rings. The molecule has 0 radical (unpaired) electrons. The lowest BCUT2D eigenvalue weighted by molar-refractivity contribution is 0.0612. The number of hydrogen-bond acceptors (Lipinski definition) is 6. The number of furan rings is 1. The van der Waals surface area contributed by atoms with Gasteiger partial charge >= 0.3 is 0 Å². The zero-order valence-electron chi connectivity index (χ0n) is 17.7. The maximum atomic E-state index is 12.6. The number of fused-ring (bicyclic) bond motifs is 1. The van der Waals surface area contributed by atoms with Crippen LogP contribution in [0.4, 0.5) is 0 Å². The van der Waals surface area contributed by atoms with Crippen LogP contribution in [0.15, 0.2) is 16.7 Å². The maximum absolute atomic E-state index is 12.6. The van der Waals surface area contributed by atoms with Gasteiger partial charge in [0.05, 0.1) is 24.9 Å². The van der Waals surface area contributed by atoms with Crippen molar-refractivity contribution in [1.29, 1.82) is 0 Å². The first kappa shape index (κ1) is 19.8. The van der Waals surface area contributed by atoms with Crippen molar-refractivity contribution in [3.63, 3.8) is 0 Å². The van der Waals surface area contributed by atoms with E-state index in [1.165, 1.54) is 32.1 Å². The summed E-state index contributed by atoms with van der Waals surface area (Å²) in [5, 5.41) is 11.8. The second kappa shape index (κ2) is 8.15. The molecule has 0 unspecified atom stereocenters. The summed E-state index contributed by atoms with van der Waals surface area (Å²) in [5.74, 6) is 1.58. The Morgan fingerprint density at radius 2 is 1.97 bits per heavy atom. The number of nitrogens with zero attached hydrogens (tertiary/aromatic N) is 3. The molecule has 0 aromatic carbocycles. The predicted molar refractivity (Wildman–Crippen MR) is 108 cm³/mol. The quantitative estimate of drug-likeness (QED) is 0.809. The highest BCUT2D eigenvalue weighted by molar-refractivity contribution is 5.92. The Hall–Kier alpha value is -2.19. The molecule has 4 atom stereocenters. The molecule has 0 bridgehead atoms. The van der Waals surface area contributed by atoms with Crippen molar-refractivity contribution in [2.45, 2.75) is 76.7 Å². The van der Waals surface area contributed by atoms with Crippen LogP contribution in [-0.4, -0.2) is 52.4 Å². The first-order valence-corrected chi connectivity index (χ1v) is 11.1. The van der Waals surface area contributed by atoms with E-state index >= 15 is 0 Å². The minimum atomic E-state index is -0.233. The summed E-state index contributed by atoms with van der Waals surface area (Å²) in [7, 11) is 0. The van der Waals surface area contributed by atoms with Crippen LogP contribution in [0.1, 0.15) is 65.7 Å². The minimum Gasteiger partial charge on any atom is -0.456 e. The molecule has 1 N–H and O–H groups in total. The third kappa shape index (κ3) is 3.78. The van der Waals surface area contributed by atoms with E-state index in [2.05, 4.69) is 21.8 Å². The predicted octanol–water partition coefficient (Wildman–Crippen LogP) is 2.75. The Labute approximate surface area is 176 Å². The van der Waals surface area contributed by atoms with Crippen LogP contribution in [0.3, 0.4) is 0 Å². The molecule has 2 aromatic rings. The average molecular weight is 415 g/mol. The van der Waals surface area contributed by atoms with Crippen molar-refractivity contribution >= 4 is 5.91 Å². The van der Waals surface area contributed by atoms with Gasteiger partial charge in [-0.2, -0.15) is 0 Å². The first-order valence-electron chi connectivity index (χ1n) is 11.1. The van der Waals surface area contributed by atoms with E-state index in [1.807, 2.05) is 18.5 Å². The lowest BCUT2D eigenvalue weighted by Crippen LogP contribution is -2.44. The highest BCUT2D eigenvalue weighted by Crippen LogP contribution is 2.34. The maximum Gasteiger partial charge on any atom is 0.287 e. The van der Waals surface area contributed by atoms with Gasteiger partial charge in [0, 0.05) is 6.20 Å². The van der Waals surface area contributed by atoms with Gasteiger partial charge in [-0.15, -0.1) is 5.10 Å². The highest BCUT2D eigenvalue weighted by Gasteiger charge is 2.49. The topological polar surface area (TPSA) is 91.4 Å². The normalized spacial score (nSPS) is 29.3. The fourth-order valence-electron chi connectivity index (χ4n) is 5.01. The molecule has 4 heterocycles. The van der Waals surface area contributed by atoms with Crippen LogP contribution in [0.25, 0.3) is 0 Å². The Kier molecular flexibility index (Phi) is 5.37. The summed E-state index contributed by atoms with van der Waals surface area (Å²) >= 11 is 0. The van der Waals surface area contributed by atoms with Gasteiger partial charge in [-0.25, -0.2) is 4.68 Å². The monoisotopic (exact) mass is 414 g/mol. The zero-order valence-corrected chi connectivity index (χ0v) is 17.7. The van der Waals surface area contributed by atoms with Crippen LogP contribution in [0.5, 0.6) is 0 Å².